The summed E-state index contributed by atoms with van der Waals surface area (Å²) >= 11 is 1.73. The molecule has 2 saturated heterocycles. The van der Waals surface area contributed by atoms with Gasteiger partial charge in [0.1, 0.15) is 5.01 Å². The molecule has 7 heteroatoms. The van der Waals surface area contributed by atoms with Crippen molar-refractivity contribution in [1.82, 2.24) is 25.4 Å². The summed E-state index contributed by atoms with van der Waals surface area (Å²) < 4.78 is 0. The average Bonchev–Trinajstić information content (AvgIpc) is 3.20. The van der Waals surface area contributed by atoms with E-state index in [1.165, 1.54) is 64.0 Å². The molecule has 0 spiro atoms. The van der Waals surface area contributed by atoms with Crippen molar-refractivity contribution in [2.75, 3.05) is 46.8 Å². The zero-order chi connectivity index (χ0) is 20.0. The van der Waals surface area contributed by atoms with Crippen molar-refractivity contribution in [2.24, 2.45) is 4.99 Å². The minimum atomic E-state index is 0.260. The summed E-state index contributed by atoms with van der Waals surface area (Å²) in [5.74, 6) is 1.37. The Balaban J connectivity index is 1.57. The van der Waals surface area contributed by atoms with Gasteiger partial charge in [-0.25, -0.2) is 4.98 Å². The maximum absolute atomic E-state index is 4.72. The third kappa shape index (κ3) is 5.45. The van der Waals surface area contributed by atoms with Gasteiger partial charge in [0.05, 0.1) is 12.2 Å². The smallest absolute Gasteiger partial charge is 0.191 e. The number of nitrogens with zero attached hydrogens (tertiary/aromatic N) is 4. The second-order valence-electron chi connectivity index (χ2n) is 8.68. The van der Waals surface area contributed by atoms with Gasteiger partial charge in [0.2, 0.25) is 0 Å². The van der Waals surface area contributed by atoms with Crippen LogP contribution in [0.25, 0.3) is 0 Å². The van der Waals surface area contributed by atoms with Crippen LogP contribution < -0.4 is 10.6 Å². The molecule has 0 unspecified atom stereocenters. The number of aromatic nitrogens is 1. The highest BCUT2D eigenvalue weighted by atomic mass is 32.1. The van der Waals surface area contributed by atoms with Crippen molar-refractivity contribution in [3.05, 3.63) is 16.1 Å². The van der Waals surface area contributed by atoms with Crippen molar-refractivity contribution in [1.29, 1.82) is 0 Å². The molecule has 28 heavy (non-hydrogen) atoms. The molecule has 6 nitrogen and oxygen atoms in total. The third-order valence-electron chi connectivity index (χ3n) is 6.32. The molecule has 2 aliphatic heterocycles. The van der Waals surface area contributed by atoms with Gasteiger partial charge in [-0.2, -0.15) is 0 Å². The van der Waals surface area contributed by atoms with E-state index in [1.807, 2.05) is 7.05 Å². The molecule has 0 aromatic carbocycles. The fourth-order valence-corrected chi connectivity index (χ4v) is 5.20. The molecule has 2 aliphatic rings. The minimum Gasteiger partial charge on any atom is -0.355 e. The number of guanidine groups is 1. The average molecular weight is 407 g/mol. The lowest BCUT2D eigenvalue weighted by atomic mass is 9.84. The number of rotatable bonds is 6. The van der Waals surface area contributed by atoms with Gasteiger partial charge in [0, 0.05) is 24.5 Å². The molecule has 2 fully saturated rings. The van der Waals surface area contributed by atoms with Gasteiger partial charge in [-0.1, -0.05) is 20.3 Å². The molecule has 1 aromatic heterocycles. The van der Waals surface area contributed by atoms with E-state index >= 15 is 0 Å². The van der Waals surface area contributed by atoms with Crippen LogP contribution in [0.1, 0.15) is 62.6 Å². The molecule has 3 rings (SSSR count). The number of thiazole rings is 1. The lowest BCUT2D eigenvalue weighted by Crippen LogP contribution is -2.62. The molecular weight excluding hydrogens is 368 g/mol. The first kappa shape index (κ1) is 21.5. The number of likely N-dealkylation sites (tertiary alicyclic amines) is 2. The fourth-order valence-electron chi connectivity index (χ4n) is 4.31. The molecule has 0 saturated carbocycles. The Hall–Kier alpha value is -1.18. The third-order valence-corrected chi connectivity index (χ3v) is 7.19. The highest BCUT2D eigenvalue weighted by Crippen LogP contribution is 2.30. The van der Waals surface area contributed by atoms with Crippen molar-refractivity contribution in [2.45, 2.75) is 64.0 Å². The number of hydrogen-bond donors (Lipinski definition) is 2. The largest absolute Gasteiger partial charge is 0.355 e. The van der Waals surface area contributed by atoms with E-state index in [-0.39, 0.29) is 5.54 Å². The molecule has 0 atom stereocenters. The van der Waals surface area contributed by atoms with E-state index in [0.29, 0.717) is 5.92 Å². The number of nitrogens with one attached hydrogen (secondary N) is 2. The predicted molar refractivity (Wildman–Crippen MR) is 119 cm³/mol. The van der Waals surface area contributed by atoms with Crippen LogP contribution in [0.3, 0.4) is 0 Å². The summed E-state index contributed by atoms with van der Waals surface area (Å²) in [6, 6.07) is 0. The second kappa shape index (κ2) is 10.0. The molecule has 0 amide bonds. The van der Waals surface area contributed by atoms with Gasteiger partial charge in [-0.15, -0.1) is 11.3 Å². The van der Waals surface area contributed by atoms with E-state index in [2.05, 4.69) is 51.7 Å². The van der Waals surface area contributed by atoms with Gasteiger partial charge < -0.3 is 15.5 Å². The Morgan fingerprint density at radius 3 is 2.50 bits per heavy atom. The van der Waals surface area contributed by atoms with E-state index in [4.69, 9.17) is 4.98 Å². The highest BCUT2D eigenvalue weighted by molar-refractivity contribution is 7.09. The van der Waals surface area contributed by atoms with Crippen LogP contribution >= 0.6 is 11.3 Å². The monoisotopic (exact) mass is 406 g/mol. The van der Waals surface area contributed by atoms with Gasteiger partial charge in [-0.05, 0) is 64.8 Å². The summed E-state index contributed by atoms with van der Waals surface area (Å²) in [6.07, 6.45) is 6.53. The predicted octanol–water partition coefficient (Wildman–Crippen LogP) is 2.88. The fraction of sp³-hybridized carbons (Fsp3) is 0.810. The van der Waals surface area contributed by atoms with Gasteiger partial charge in [-0.3, -0.25) is 9.89 Å². The normalized spacial score (nSPS) is 21.8. The Kier molecular flexibility index (Phi) is 7.71. The van der Waals surface area contributed by atoms with Crippen LogP contribution in [-0.2, 0) is 6.54 Å². The number of hydrogen-bond acceptors (Lipinski definition) is 5. The topological polar surface area (TPSA) is 55.8 Å². The summed E-state index contributed by atoms with van der Waals surface area (Å²) in [6.45, 7) is 10.9. The molecule has 3 heterocycles. The van der Waals surface area contributed by atoms with Crippen LogP contribution in [0, 0.1) is 0 Å². The Labute approximate surface area is 174 Å². The SMILES string of the molecule is CN=C(NCc1nc(C(C)C)cs1)NCC1(N2CCCCC2)CCN(C)CC1. The summed E-state index contributed by atoms with van der Waals surface area (Å²) in [5.41, 5.74) is 1.44. The van der Waals surface area contributed by atoms with E-state index in [1.54, 1.807) is 11.3 Å². The molecule has 158 valence electrons. The maximum atomic E-state index is 4.72. The van der Waals surface area contributed by atoms with Crippen molar-refractivity contribution in [3.63, 3.8) is 0 Å². The molecule has 0 aliphatic carbocycles. The van der Waals surface area contributed by atoms with E-state index in [9.17, 15) is 0 Å². The zero-order valence-electron chi connectivity index (χ0n) is 18.1. The Bertz CT molecular complexity index is 627. The van der Waals surface area contributed by atoms with Crippen molar-refractivity contribution in [3.8, 4) is 0 Å². The summed E-state index contributed by atoms with van der Waals surface area (Å²) in [4.78, 5) is 14.4. The lowest BCUT2D eigenvalue weighted by Gasteiger charge is -2.50. The minimum absolute atomic E-state index is 0.260. The van der Waals surface area contributed by atoms with Crippen LogP contribution in [0.4, 0.5) is 0 Å². The van der Waals surface area contributed by atoms with Crippen molar-refractivity contribution >= 4 is 17.3 Å². The lowest BCUT2D eigenvalue weighted by molar-refractivity contribution is 0.0173. The second-order valence-corrected chi connectivity index (χ2v) is 9.62. The molecular formula is C21H38N6S. The standard InChI is InChI=1S/C21H38N6S/c1-17(2)18-15-28-19(25-18)14-23-20(22-3)24-16-21(8-12-26(4)13-9-21)27-10-6-5-7-11-27/h15,17H,5-14,16H2,1-4H3,(H2,22,23,24). The maximum Gasteiger partial charge on any atom is 0.191 e. The highest BCUT2D eigenvalue weighted by Gasteiger charge is 2.39. The van der Waals surface area contributed by atoms with Crippen LogP contribution in [0.2, 0.25) is 0 Å². The first-order chi connectivity index (χ1) is 13.5. The number of piperidine rings is 2. The molecule has 2 N–H and O–H groups in total. The molecule has 1 aromatic rings. The van der Waals surface area contributed by atoms with Crippen LogP contribution in [-0.4, -0.2) is 73.1 Å². The first-order valence-electron chi connectivity index (χ1n) is 10.8. The van der Waals surface area contributed by atoms with E-state index in [0.717, 1.165) is 24.1 Å². The van der Waals surface area contributed by atoms with Crippen LogP contribution in [0.15, 0.2) is 10.4 Å². The quantitative estimate of drug-likeness (QED) is 0.562. The van der Waals surface area contributed by atoms with E-state index < -0.39 is 0 Å². The summed E-state index contributed by atoms with van der Waals surface area (Å²) in [7, 11) is 4.10. The first-order valence-corrected chi connectivity index (χ1v) is 11.7. The van der Waals surface area contributed by atoms with Crippen molar-refractivity contribution < 1.29 is 0 Å². The molecule has 0 radical (unpaired) electrons. The Morgan fingerprint density at radius 2 is 1.89 bits per heavy atom. The number of aliphatic imine (C=N–C) groups is 1. The van der Waals surface area contributed by atoms with Gasteiger partial charge in [0.25, 0.3) is 0 Å². The summed E-state index contributed by atoms with van der Waals surface area (Å²) in [5, 5.41) is 10.4. The Morgan fingerprint density at radius 1 is 1.18 bits per heavy atom. The van der Waals surface area contributed by atoms with Gasteiger partial charge >= 0.3 is 0 Å². The zero-order valence-corrected chi connectivity index (χ0v) is 18.9. The van der Waals surface area contributed by atoms with Gasteiger partial charge in [0.15, 0.2) is 5.96 Å². The molecule has 0 bridgehead atoms. The van der Waals surface area contributed by atoms with Crippen LogP contribution in [0.5, 0.6) is 0 Å².